The molecule has 1 aromatic carbocycles. The van der Waals surface area contributed by atoms with Crippen molar-refractivity contribution < 1.29 is 0 Å². The summed E-state index contributed by atoms with van der Waals surface area (Å²) in [6.07, 6.45) is 8.00. The SMILES string of the molecule is CCCCCSC1CC(c2ccccc2)CCC1CN. The average Bonchev–Trinajstić information content (AvgIpc) is 2.52. The van der Waals surface area contributed by atoms with E-state index in [-0.39, 0.29) is 0 Å². The number of nitrogens with two attached hydrogens (primary N) is 1. The Morgan fingerprint density at radius 1 is 1.15 bits per heavy atom. The summed E-state index contributed by atoms with van der Waals surface area (Å²) in [5, 5.41) is 0.774. The van der Waals surface area contributed by atoms with Crippen molar-refractivity contribution >= 4 is 11.8 Å². The van der Waals surface area contributed by atoms with E-state index in [1.165, 1.54) is 49.8 Å². The molecule has 2 rings (SSSR count). The molecule has 0 heterocycles. The first-order valence-corrected chi connectivity index (χ1v) is 9.26. The molecule has 0 bridgehead atoms. The summed E-state index contributed by atoms with van der Waals surface area (Å²) in [6, 6.07) is 11.1. The van der Waals surface area contributed by atoms with Crippen molar-refractivity contribution in [1.29, 1.82) is 0 Å². The molecular weight excluding hydrogens is 262 g/mol. The van der Waals surface area contributed by atoms with Crippen LogP contribution < -0.4 is 5.73 Å². The summed E-state index contributed by atoms with van der Waals surface area (Å²) in [6.45, 7) is 3.15. The van der Waals surface area contributed by atoms with E-state index in [0.29, 0.717) is 0 Å². The zero-order valence-corrected chi connectivity index (χ0v) is 13.6. The van der Waals surface area contributed by atoms with Gasteiger partial charge in [-0.25, -0.2) is 0 Å². The Morgan fingerprint density at radius 2 is 1.95 bits per heavy atom. The smallest absolute Gasteiger partial charge is 0.00931 e. The van der Waals surface area contributed by atoms with E-state index in [1.807, 2.05) is 0 Å². The number of thioether (sulfide) groups is 1. The Bertz CT molecular complexity index is 365. The van der Waals surface area contributed by atoms with Crippen LogP contribution in [0.2, 0.25) is 0 Å². The summed E-state index contributed by atoms with van der Waals surface area (Å²) < 4.78 is 0. The van der Waals surface area contributed by atoms with Gasteiger partial charge >= 0.3 is 0 Å². The zero-order valence-electron chi connectivity index (χ0n) is 12.8. The van der Waals surface area contributed by atoms with E-state index in [1.54, 1.807) is 0 Å². The molecule has 1 fully saturated rings. The van der Waals surface area contributed by atoms with E-state index in [9.17, 15) is 0 Å². The molecule has 3 atom stereocenters. The monoisotopic (exact) mass is 291 g/mol. The largest absolute Gasteiger partial charge is 0.330 e. The molecule has 2 heteroatoms. The van der Waals surface area contributed by atoms with Gasteiger partial charge in [-0.3, -0.25) is 0 Å². The van der Waals surface area contributed by atoms with Crippen LogP contribution in [0.1, 0.15) is 56.9 Å². The van der Waals surface area contributed by atoms with Gasteiger partial charge in [-0.15, -0.1) is 0 Å². The minimum absolute atomic E-state index is 0.738. The zero-order chi connectivity index (χ0) is 14.2. The maximum Gasteiger partial charge on any atom is 0.00931 e. The summed E-state index contributed by atoms with van der Waals surface area (Å²) >= 11 is 2.19. The number of unbranched alkanes of at least 4 members (excludes halogenated alkanes) is 2. The van der Waals surface area contributed by atoms with Gasteiger partial charge in [-0.05, 0) is 55.4 Å². The lowest BCUT2D eigenvalue weighted by Crippen LogP contribution is -2.32. The van der Waals surface area contributed by atoms with E-state index < -0.39 is 0 Å². The minimum atomic E-state index is 0.738. The topological polar surface area (TPSA) is 26.0 Å². The van der Waals surface area contributed by atoms with Crippen LogP contribution in [-0.2, 0) is 0 Å². The van der Waals surface area contributed by atoms with E-state index in [4.69, 9.17) is 5.73 Å². The van der Waals surface area contributed by atoms with Crippen LogP contribution in [0, 0.1) is 5.92 Å². The maximum atomic E-state index is 5.99. The quantitative estimate of drug-likeness (QED) is 0.729. The molecule has 0 amide bonds. The minimum Gasteiger partial charge on any atom is -0.330 e. The Balaban J connectivity index is 1.89. The van der Waals surface area contributed by atoms with E-state index in [0.717, 1.165) is 23.6 Å². The van der Waals surface area contributed by atoms with Crippen molar-refractivity contribution in [3.05, 3.63) is 35.9 Å². The fraction of sp³-hybridized carbons (Fsp3) is 0.667. The second-order valence-corrected chi connectivity index (χ2v) is 7.38. The lowest BCUT2D eigenvalue weighted by Gasteiger charge is -2.35. The van der Waals surface area contributed by atoms with Crippen LogP contribution in [0.15, 0.2) is 30.3 Å². The predicted molar refractivity (Wildman–Crippen MR) is 91.3 cm³/mol. The van der Waals surface area contributed by atoms with Gasteiger partial charge in [0.05, 0.1) is 0 Å². The summed E-state index contributed by atoms with van der Waals surface area (Å²) in [5.74, 6) is 2.81. The predicted octanol–water partition coefficient (Wildman–Crippen LogP) is 4.82. The molecule has 0 aliphatic heterocycles. The molecule has 112 valence electrons. The Kier molecular flexibility index (Phi) is 6.95. The molecule has 2 N–H and O–H groups in total. The molecular formula is C18H29NS. The second kappa shape index (κ2) is 8.74. The second-order valence-electron chi connectivity index (χ2n) is 6.03. The van der Waals surface area contributed by atoms with Crippen molar-refractivity contribution in [3.63, 3.8) is 0 Å². The van der Waals surface area contributed by atoms with Crippen LogP contribution in [0.4, 0.5) is 0 Å². The maximum absolute atomic E-state index is 5.99. The van der Waals surface area contributed by atoms with Crippen molar-refractivity contribution in [2.24, 2.45) is 11.7 Å². The number of rotatable bonds is 7. The van der Waals surface area contributed by atoms with Gasteiger partial charge in [0, 0.05) is 5.25 Å². The lowest BCUT2D eigenvalue weighted by molar-refractivity contribution is 0.344. The molecule has 3 unspecified atom stereocenters. The van der Waals surface area contributed by atoms with Crippen molar-refractivity contribution in [2.75, 3.05) is 12.3 Å². The fourth-order valence-electron chi connectivity index (χ4n) is 3.28. The Labute approximate surface area is 128 Å². The van der Waals surface area contributed by atoms with Crippen molar-refractivity contribution in [3.8, 4) is 0 Å². The fourth-order valence-corrected chi connectivity index (χ4v) is 4.84. The van der Waals surface area contributed by atoms with E-state index in [2.05, 4.69) is 49.0 Å². The highest BCUT2D eigenvalue weighted by Gasteiger charge is 2.30. The number of hydrogen-bond donors (Lipinski definition) is 1. The third-order valence-electron chi connectivity index (χ3n) is 4.58. The Hall–Kier alpha value is -0.470. The molecule has 1 nitrogen and oxygen atoms in total. The molecule has 0 aromatic heterocycles. The average molecular weight is 292 g/mol. The van der Waals surface area contributed by atoms with Crippen molar-refractivity contribution in [1.82, 2.24) is 0 Å². The number of hydrogen-bond acceptors (Lipinski definition) is 2. The third-order valence-corrected chi connectivity index (χ3v) is 6.11. The molecule has 1 aliphatic carbocycles. The highest BCUT2D eigenvalue weighted by atomic mass is 32.2. The van der Waals surface area contributed by atoms with Gasteiger partial charge < -0.3 is 5.73 Å². The first kappa shape index (κ1) is 15.9. The van der Waals surface area contributed by atoms with Gasteiger partial charge in [0.1, 0.15) is 0 Å². The third kappa shape index (κ3) is 4.53. The van der Waals surface area contributed by atoms with Gasteiger partial charge in [0.15, 0.2) is 0 Å². The Morgan fingerprint density at radius 3 is 2.65 bits per heavy atom. The lowest BCUT2D eigenvalue weighted by atomic mass is 9.78. The molecule has 0 radical (unpaired) electrons. The number of benzene rings is 1. The van der Waals surface area contributed by atoms with Crippen molar-refractivity contribution in [2.45, 2.75) is 56.6 Å². The van der Waals surface area contributed by atoms with Crippen LogP contribution >= 0.6 is 11.8 Å². The summed E-state index contributed by atoms with van der Waals surface area (Å²) in [7, 11) is 0. The molecule has 20 heavy (non-hydrogen) atoms. The normalized spacial score (nSPS) is 26.6. The van der Waals surface area contributed by atoms with Crippen LogP contribution in [0.5, 0.6) is 0 Å². The summed E-state index contributed by atoms with van der Waals surface area (Å²) in [4.78, 5) is 0. The molecule has 1 aromatic rings. The van der Waals surface area contributed by atoms with Gasteiger partial charge in [0.2, 0.25) is 0 Å². The van der Waals surface area contributed by atoms with Crippen LogP contribution in [0.3, 0.4) is 0 Å². The summed E-state index contributed by atoms with van der Waals surface area (Å²) in [5.41, 5.74) is 7.52. The highest BCUT2D eigenvalue weighted by Crippen LogP contribution is 2.41. The standard InChI is InChI=1S/C18H29NS/c1-2-3-7-12-20-18-13-16(10-11-17(18)14-19)15-8-5-4-6-9-15/h4-6,8-9,16-18H,2-3,7,10-14,19H2,1H3. The van der Waals surface area contributed by atoms with Crippen LogP contribution in [-0.4, -0.2) is 17.5 Å². The van der Waals surface area contributed by atoms with Gasteiger partial charge in [-0.2, -0.15) is 11.8 Å². The molecule has 1 aliphatic rings. The molecule has 0 saturated heterocycles. The first-order chi connectivity index (χ1) is 9.85. The van der Waals surface area contributed by atoms with Gasteiger partial charge in [0.25, 0.3) is 0 Å². The van der Waals surface area contributed by atoms with Crippen LogP contribution in [0.25, 0.3) is 0 Å². The molecule has 0 spiro atoms. The molecule has 1 saturated carbocycles. The highest BCUT2D eigenvalue weighted by molar-refractivity contribution is 7.99. The first-order valence-electron chi connectivity index (χ1n) is 8.21. The van der Waals surface area contributed by atoms with Gasteiger partial charge in [-0.1, -0.05) is 50.1 Å². The van der Waals surface area contributed by atoms with E-state index >= 15 is 0 Å².